The lowest BCUT2D eigenvalue weighted by Gasteiger charge is -2.13. The van der Waals surface area contributed by atoms with Crippen molar-refractivity contribution in [2.24, 2.45) is 0 Å². The Balaban J connectivity index is 1.13. The van der Waals surface area contributed by atoms with Crippen LogP contribution in [0.2, 0.25) is 0 Å². The molecule has 11 rings (SSSR count). The molecule has 0 unspecified atom stereocenters. The first kappa shape index (κ1) is 30.3. The summed E-state index contributed by atoms with van der Waals surface area (Å²) in [4.78, 5) is 10.4. The van der Waals surface area contributed by atoms with Crippen LogP contribution < -0.4 is 0 Å². The molecule has 0 saturated carbocycles. The van der Waals surface area contributed by atoms with Crippen LogP contribution in [-0.4, -0.2) is 19.1 Å². The standard InChI is InChI=1S/C50H32N4/c1-3-15-34(16-4-1)43-32-44(39-23-13-17-33-14-7-8-20-38(33)39)52-50(51-43)35-26-28-37(29-27-35)54-45-24-11-9-21-40(45)41-30-31-47-48(49(41)54)42-22-10-12-25-46(42)53(47)36-18-5-2-6-19-36/h1-32H. The molecular formula is C50H32N4. The summed E-state index contributed by atoms with van der Waals surface area (Å²) in [6.07, 6.45) is 0. The molecule has 0 bridgehead atoms. The number of fused-ring (bicyclic) bond motifs is 8. The van der Waals surface area contributed by atoms with Crippen molar-refractivity contribution in [2.45, 2.75) is 0 Å². The summed E-state index contributed by atoms with van der Waals surface area (Å²) >= 11 is 0. The molecule has 0 aliphatic rings. The van der Waals surface area contributed by atoms with Gasteiger partial charge < -0.3 is 9.13 Å². The Morgan fingerprint density at radius 3 is 1.76 bits per heavy atom. The van der Waals surface area contributed by atoms with Crippen molar-refractivity contribution in [3.05, 3.63) is 194 Å². The van der Waals surface area contributed by atoms with E-state index in [0.29, 0.717) is 5.82 Å². The third-order valence-corrected chi connectivity index (χ3v) is 10.7. The van der Waals surface area contributed by atoms with Gasteiger partial charge in [-0.05, 0) is 71.4 Å². The third-order valence-electron chi connectivity index (χ3n) is 10.7. The third kappa shape index (κ3) is 4.70. The average molecular weight is 689 g/mol. The monoisotopic (exact) mass is 688 g/mol. The van der Waals surface area contributed by atoms with E-state index in [1.807, 2.05) is 6.07 Å². The second kappa shape index (κ2) is 12.1. The average Bonchev–Trinajstić information content (AvgIpc) is 3.77. The van der Waals surface area contributed by atoms with Crippen molar-refractivity contribution in [3.63, 3.8) is 0 Å². The smallest absolute Gasteiger partial charge is 0.160 e. The van der Waals surface area contributed by atoms with Crippen LogP contribution in [0.1, 0.15) is 0 Å². The Bertz CT molecular complexity index is 3190. The van der Waals surface area contributed by atoms with Crippen molar-refractivity contribution in [2.75, 3.05) is 0 Å². The summed E-state index contributed by atoms with van der Waals surface area (Å²) < 4.78 is 4.82. The minimum Gasteiger partial charge on any atom is -0.309 e. The maximum absolute atomic E-state index is 5.23. The number of hydrogen-bond donors (Lipinski definition) is 0. The number of nitrogens with zero attached hydrogens (tertiary/aromatic N) is 4. The summed E-state index contributed by atoms with van der Waals surface area (Å²) in [6, 6.07) is 68.9. The van der Waals surface area contributed by atoms with Crippen LogP contribution in [0, 0.1) is 0 Å². The number of hydrogen-bond acceptors (Lipinski definition) is 2. The van der Waals surface area contributed by atoms with Gasteiger partial charge in [0.15, 0.2) is 5.82 Å². The van der Waals surface area contributed by atoms with Gasteiger partial charge in [-0.15, -0.1) is 0 Å². The lowest BCUT2D eigenvalue weighted by atomic mass is 10.0. The molecule has 252 valence electrons. The molecule has 0 aliphatic heterocycles. The van der Waals surface area contributed by atoms with Crippen LogP contribution >= 0.6 is 0 Å². The van der Waals surface area contributed by atoms with E-state index in [1.165, 1.54) is 54.4 Å². The second-order valence-electron chi connectivity index (χ2n) is 13.8. The first-order valence-electron chi connectivity index (χ1n) is 18.3. The van der Waals surface area contributed by atoms with Crippen LogP contribution in [0.3, 0.4) is 0 Å². The van der Waals surface area contributed by atoms with Crippen molar-refractivity contribution in [1.29, 1.82) is 0 Å². The Kier molecular flexibility index (Phi) is 6.82. The van der Waals surface area contributed by atoms with Crippen LogP contribution in [0.25, 0.3) is 99.7 Å². The fraction of sp³-hybridized carbons (Fsp3) is 0. The molecular weight excluding hydrogens is 657 g/mol. The lowest BCUT2D eigenvalue weighted by molar-refractivity contribution is 1.16. The second-order valence-corrected chi connectivity index (χ2v) is 13.8. The highest BCUT2D eigenvalue weighted by Crippen LogP contribution is 2.42. The summed E-state index contributed by atoms with van der Waals surface area (Å²) in [6.45, 7) is 0. The quantitative estimate of drug-likeness (QED) is 0.180. The van der Waals surface area contributed by atoms with Crippen LogP contribution in [0.5, 0.6) is 0 Å². The Labute approximate surface area is 311 Å². The van der Waals surface area contributed by atoms with Crippen LogP contribution in [0.4, 0.5) is 0 Å². The SMILES string of the molecule is c1ccc(-c2cc(-c3cccc4ccccc34)nc(-c3ccc(-n4c5ccccc5c5ccc6c(c7ccccc7n6-c6ccccc6)c54)cc3)n2)cc1. The first-order chi connectivity index (χ1) is 26.8. The highest BCUT2D eigenvalue weighted by molar-refractivity contribution is 6.26. The Morgan fingerprint density at radius 1 is 0.352 bits per heavy atom. The molecule has 0 N–H and O–H groups in total. The molecule has 0 amide bonds. The van der Waals surface area contributed by atoms with E-state index in [9.17, 15) is 0 Å². The van der Waals surface area contributed by atoms with Gasteiger partial charge in [-0.25, -0.2) is 9.97 Å². The largest absolute Gasteiger partial charge is 0.309 e. The zero-order valence-corrected chi connectivity index (χ0v) is 29.3. The molecule has 0 saturated heterocycles. The minimum atomic E-state index is 0.696. The summed E-state index contributed by atoms with van der Waals surface area (Å²) in [5.74, 6) is 0.696. The molecule has 3 aromatic heterocycles. The van der Waals surface area contributed by atoms with Gasteiger partial charge in [0, 0.05) is 49.6 Å². The molecule has 11 aromatic rings. The molecule has 3 heterocycles. The van der Waals surface area contributed by atoms with E-state index < -0.39 is 0 Å². The van der Waals surface area contributed by atoms with Crippen molar-refractivity contribution in [1.82, 2.24) is 19.1 Å². The van der Waals surface area contributed by atoms with E-state index in [4.69, 9.17) is 9.97 Å². The fourth-order valence-electron chi connectivity index (χ4n) is 8.31. The normalized spacial score (nSPS) is 11.7. The molecule has 54 heavy (non-hydrogen) atoms. The van der Waals surface area contributed by atoms with Crippen LogP contribution in [-0.2, 0) is 0 Å². The molecule has 4 nitrogen and oxygen atoms in total. The van der Waals surface area contributed by atoms with Crippen LogP contribution in [0.15, 0.2) is 194 Å². The summed E-state index contributed by atoms with van der Waals surface area (Å²) in [7, 11) is 0. The van der Waals surface area contributed by atoms with Crippen molar-refractivity contribution >= 4 is 54.4 Å². The molecule has 4 heteroatoms. The van der Waals surface area contributed by atoms with E-state index in [0.717, 1.165) is 39.5 Å². The minimum absolute atomic E-state index is 0.696. The number of benzene rings is 8. The molecule has 0 spiro atoms. The zero-order valence-electron chi connectivity index (χ0n) is 29.3. The maximum Gasteiger partial charge on any atom is 0.160 e. The number of rotatable bonds is 5. The van der Waals surface area contributed by atoms with Gasteiger partial charge in [0.2, 0.25) is 0 Å². The lowest BCUT2D eigenvalue weighted by Crippen LogP contribution is -1.98. The number of para-hydroxylation sites is 3. The predicted octanol–water partition coefficient (Wildman–Crippen LogP) is 12.8. The van der Waals surface area contributed by atoms with E-state index in [1.54, 1.807) is 0 Å². The van der Waals surface area contributed by atoms with Crippen molar-refractivity contribution < 1.29 is 0 Å². The van der Waals surface area contributed by atoms with E-state index >= 15 is 0 Å². The summed E-state index contributed by atoms with van der Waals surface area (Å²) in [5.41, 5.74) is 11.9. The number of aromatic nitrogens is 4. The molecule has 8 aromatic carbocycles. The fourth-order valence-corrected chi connectivity index (χ4v) is 8.31. The van der Waals surface area contributed by atoms with Gasteiger partial charge in [-0.1, -0.05) is 133 Å². The van der Waals surface area contributed by atoms with Gasteiger partial charge in [0.1, 0.15) is 0 Å². The zero-order chi connectivity index (χ0) is 35.6. The molecule has 0 aliphatic carbocycles. The maximum atomic E-state index is 5.23. The molecule has 0 atom stereocenters. The molecule has 0 radical (unpaired) electrons. The van der Waals surface area contributed by atoms with Gasteiger partial charge in [-0.3, -0.25) is 0 Å². The van der Waals surface area contributed by atoms with Gasteiger partial charge >= 0.3 is 0 Å². The Morgan fingerprint density at radius 2 is 0.963 bits per heavy atom. The predicted molar refractivity (Wildman–Crippen MR) is 225 cm³/mol. The van der Waals surface area contributed by atoms with E-state index in [-0.39, 0.29) is 0 Å². The topological polar surface area (TPSA) is 35.6 Å². The first-order valence-corrected chi connectivity index (χ1v) is 18.3. The highest BCUT2D eigenvalue weighted by atomic mass is 15.0. The Hall–Kier alpha value is -7.30. The van der Waals surface area contributed by atoms with Crippen molar-refractivity contribution in [3.8, 4) is 45.3 Å². The highest BCUT2D eigenvalue weighted by Gasteiger charge is 2.21. The van der Waals surface area contributed by atoms with E-state index in [2.05, 4.69) is 197 Å². The summed E-state index contributed by atoms with van der Waals surface area (Å²) in [5, 5.41) is 7.30. The van der Waals surface area contributed by atoms with Gasteiger partial charge in [-0.2, -0.15) is 0 Å². The van der Waals surface area contributed by atoms with Gasteiger partial charge in [0.05, 0.1) is 33.5 Å². The molecule has 0 fully saturated rings. The van der Waals surface area contributed by atoms with Gasteiger partial charge in [0.25, 0.3) is 0 Å².